The van der Waals surface area contributed by atoms with Gasteiger partial charge in [0, 0.05) is 23.9 Å². The predicted octanol–water partition coefficient (Wildman–Crippen LogP) is 6.92. The summed E-state index contributed by atoms with van der Waals surface area (Å²) in [5, 5.41) is 1.78. The molecule has 0 saturated heterocycles. The molecule has 0 bridgehead atoms. The Morgan fingerprint density at radius 3 is 1.36 bits per heavy atom. The molecule has 3 aromatic rings. The molecule has 0 atom stereocenters. The third-order valence-corrected chi connectivity index (χ3v) is 6.81. The van der Waals surface area contributed by atoms with Crippen LogP contribution in [0, 0.1) is 0 Å². The molecule has 0 aliphatic rings. The van der Waals surface area contributed by atoms with Crippen molar-refractivity contribution in [3.8, 4) is 0 Å². The lowest BCUT2D eigenvalue weighted by atomic mass is 10.1. The fourth-order valence-electron chi connectivity index (χ4n) is 5.04. The highest BCUT2D eigenvalue weighted by Crippen LogP contribution is 2.30. The maximum Gasteiger partial charge on any atom is 0.338 e. The van der Waals surface area contributed by atoms with Crippen LogP contribution in [0.1, 0.15) is 86.9 Å². The minimum absolute atomic E-state index is 0.351. The fraction of sp³-hybridized carbons (Fsp3) is 0.562. The van der Waals surface area contributed by atoms with Gasteiger partial charge in [0.05, 0.1) is 24.3 Å². The summed E-state index contributed by atoms with van der Waals surface area (Å²) in [6.45, 7) is 15.6. The molecule has 0 radical (unpaired) electrons. The molecule has 7 heteroatoms. The second kappa shape index (κ2) is 16.3. The van der Waals surface area contributed by atoms with Gasteiger partial charge in [-0.1, -0.05) is 27.7 Å². The minimum Gasteiger partial charge on any atom is -0.462 e. The number of ether oxygens (including phenoxy) is 2. The first-order valence-electron chi connectivity index (χ1n) is 14.8. The fourth-order valence-corrected chi connectivity index (χ4v) is 5.04. The maximum atomic E-state index is 12.6. The Balaban J connectivity index is 1.56. The molecule has 0 N–H and O–H groups in total. The summed E-state index contributed by atoms with van der Waals surface area (Å²) in [7, 11) is 0. The maximum absolute atomic E-state index is 12.6. The van der Waals surface area contributed by atoms with E-state index >= 15 is 0 Å². The Bertz CT molecular complexity index is 1090. The van der Waals surface area contributed by atoms with Crippen LogP contribution in [0.2, 0.25) is 0 Å². The Kier molecular flexibility index (Phi) is 12.8. The second-order valence-corrected chi connectivity index (χ2v) is 10.2. The van der Waals surface area contributed by atoms with E-state index in [9.17, 15) is 9.59 Å². The highest BCUT2D eigenvalue weighted by atomic mass is 16.5. The van der Waals surface area contributed by atoms with Crippen molar-refractivity contribution in [2.45, 2.75) is 66.2 Å². The van der Waals surface area contributed by atoms with E-state index in [0.717, 1.165) is 88.6 Å². The lowest BCUT2D eigenvalue weighted by molar-refractivity contribution is 0.0479. The number of carbonyl (C=O) groups is 2. The topological polar surface area (TPSA) is 72.2 Å². The molecule has 0 spiro atoms. The molecule has 0 amide bonds. The third-order valence-electron chi connectivity index (χ3n) is 6.81. The Hall–Kier alpha value is -2.90. The standard InChI is InChI=1S/C32H46N2O5/c1-5-15-33(16-6-2)19-9-21-37-31(35)25-11-13-27-28-14-12-26(24-30(28)39-29(27)23-25)32(36)38-22-10-20-34(17-7-3)18-8-4/h11-14,23-24H,5-10,15-22H2,1-4H3. The summed E-state index contributed by atoms with van der Waals surface area (Å²) < 4.78 is 17.1. The number of nitrogens with zero attached hydrogens (tertiary/aromatic N) is 2. The van der Waals surface area contributed by atoms with Crippen LogP contribution in [-0.2, 0) is 9.47 Å². The molecular weight excluding hydrogens is 492 g/mol. The molecule has 0 aliphatic carbocycles. The summed E-state index contributed by atoms with van der Waals surface area (Å²) in [4.78, 5) is 30.1. The molecule has 1 aromatic heterocycles. The van der Waals surface area contributed by atoms with E-state index in [1.807, 2.05) is 12.1 Å². The molecule has 0 fully saturated rings. The van der Waals surface area contributed by atoms with Gasteiger partial charge in [-0.05, 0) is 101 Å². The summed E-state index contributed by atoms with van der Waals surface area (Å²) in [5.41, 5.74) is 2.10. The molecule has 0 aliphatic heterocycles. The van der Waals surface area contributed by atoms with E-state index in [4.69, 9.17) is 13.9 Å². The minimum atomic E-state index is -0.351. The van der Waals surface area contributed by atoms with Gasteiger partial charge in [-0.2, -0.15) is 0 Å². The van der Waals surface area contributed by atoms with Gasteiger partial charge in [0.2, 0.25) is 0 Å². The first-order valence-corrected chi connectivity index (χ1v) is 14.8. The van der Waals surface area contributed by atoms with Crippen molar-refractivity contribution in [3.63, 3.8) is 0 Å². The summed E-state index contributed by atoms with van der Waals surface area (Å²) >= 11 is 0. The molecule has 39 heavy (non-hydrogen) atoms. The summed E-state index contributed by atoms with van der Waals surface area (Å²) in [6, 6.07) is 10.7. The molecule has 214 valence electrons. The average Bonchev–Trinajstić information content (AvgIpc) is 3.30. The van der Waals surface area contributed by atoms with Gasteiger partial charge in [-0.15, -0.1) is 0 Å². The van der Waals surface area contributed by atoms with Crippen molar-refractivity contribution >= 4 is 33.9 Å². The monoisotopic (exact) mass is 538 g/mol. The van der Waals surface area contributed by atoms with Gasteiger partial charge < -0.3 is 23.7 Å². The van der Waals surface area contributed by atoms with Crippen LogP contribution in [0.5, 0.6) is 0 Å². The van der Waals surface area contributed by atoms with Crippen molar-refractivity contribution in [2.24, 2.45) is 0 Å². The van der Waals surface area contributed by atoms with Gasteiger partial charge in [-0.25, -0.2) is 9.59 Å². The summed E-state index contributed by atoms with van der Waals surface area (Å²) in [6.07, 6.45) is 6.11. The van der Waals surface area contributed by atoms with Crippen molar-refractivity contribution in [1.82, 2.24) is 9.80 Å². The van der Waals surface area contributed by atoms with Crippen LogP contribution in [0.15, 0.2) is 40.8 Å². The van der Waals surface area contributed by atoms with E-state index in [-0.39, 0.29) is 11.9 Å². The first-order chi connectivity index (χ1) is 19.0. The smallest absolute Gasteiger partial charge is 0.338 e. The van der Waals surface area contributed by atoms with Crippen LogP contribution in [-0.4, -0.2) is 74.2 Å². The predicted molar refractivity (Wildman–Crippen MR) is 158 cm³/mol. The molecular formula is C32H46N2O5. The SMILES string of the molecule is CCCN(CCC)CCCOC(=O)c1ccc2c(c1)oc1cc(C(=O)OCCCN(CCC)CCC)ccc12. The van der Waals surface area contributed by atoms with Crippen molar-refractivity contribution in [1.29, 1.82) is 0 Å². The number of rotatable bonds is 18. The van der Waals surface area contributed by atoms with E-state index in [0.29, 0.717) is 35.5 Å². The largest absolute Gasteiger partial charge is 0.462 e. The number of esters is 2. The van der Waals surface area contributed by atoms with Gasteiger partial charge in [0.15, 0.2) is 0 Å². The van der Waals surface area contributed by atoms with E-state index in [2.05, 4.69) is 37.5 Å². The first kappa shape index (κ1) is 30.6. The zero-order chi connectivity index (χ0) is 28.0. The quantitative estimate of drug-likeness (QED) is 0.128. The molecule has 2 aromatic carbocycles. The molecule has 3 rings (SSSR count). The second-order valence-electron chi connectivity index (χ2n) is 10.2. The third kappa shape index (κ3) is 9.07. The summed E-state index contributed by atoms with van der Waals surface area (Å²) in [5.74, 6) is -0.703. The Morgan fingerprint density at radius 2 is 1.00 bits per heavy atom. The van der Waals surface area contributed by atoms with Crippen LogP contribution < -0.4 is 0 Å². The van der Waals surface area contributed by atoms with E-state index in [1.54, 1.807) is 24.3 Å². The Morgan fingerprint density at radius 1 is 0.615 bits per heavy atom. The van der Waals surface area contributed by atoms with Crippen molar-refractivity contribution < 1.29 is 23.5 Å². The lowest BCUT2D eigenvalue weighted by Crippen LogP contribution is -2.27. The highest BCUT2D eigenvalue weighted by Gasteiger charge is 2.15. The molecule has 0 saturated carbocycles. The molecule has 1 heterocycles. The average molecular weight is 539 g/mol. The Labute approximate surface area is 233 Å². The van der Waals surface area contributed by atoms with Crippen LogP contribution >= 0.6 is 0 Å². The van der Waals surface area contributed by atoms with Crippen LogP contribution in [0.4, 0.5) is 0 Å². The number of carbonyl (C=O) groups excluding carboxylic acids is 2. The lowest BCUT2D eigenvalue weighted by Gasteiger charge is -2.20. The zero-order valence-corrected chi connectivity index (χ0v) is 24.3. The number of benzene rings is 2. The highest BCUT2D eigenvalue weighted by molar-refractivity contribution is 6.08. The van der Waals surface area contributed by atoms with E-state index in [1.165, 1.54) is 0 Å². The zero-order valence-electron chi connectivity index (χ0n) is 24.3. The number of fused-ring (bicyclic) bond motifs is 3. The normalized spacial score (nSPS) is 11.6. The number of hydrogen-bond donors (Lipinski definition) is 0. The van der Waals surface area contributed by atoms with E-state index < -0.39 is 0 Å². The molecule has 0 unspecified atom stereocenters. The van der Waals surface area contributed by atoms with Crippen molar-refractivity contribution in [2.75, 3.05) is 52.5 Å². The van der Waals surface area contributed by atoms with Gasteiger partial charge in [0.1, 0.15) is 11.2 Å². The van der Waals surface area contributed by atoms with Crippen LogP contribution in [0.3, 0.4) is 0 Å². The van der Waals surface area contributed by atoms with Gasteiger partial charge >= 0.3 is 11.9 Å². The number of hydrogen-bond acceptors (Lipinski definition) is 7. The number of furan rings is 1. The van der Waals surface area contributed by atoms with Crippen LogP contribution in [0.25, 0.3) is 21.9 Å². The van der Waals surface area contributed by atoms with Gasteiger partial charge in [0.25, 0.3) is 0 Å². The molecule has 7 nitrogen and oxygen atoms in total. The van der Waals surface area contributed by atoms with Crippen molar-refractivity contribution in [3.05, 3.63) is 47.5 Å². The van der Waals surface area contributed by atoms with Gasteiger partial charge in [-0.3, -0.25) is 0 Å².